The lowest BCUT2D eigenvalue weighted by atomic mass is 9.96. The number of ether oxygens (including phenoxy) is 1. The average molecular weight is 276 g/mol. The molecule has 108 valence electrons. The second-order valence-electron chi connectivity index (χ2n) is 5.01. The SMILES string of the molecule is COC(=O)C1CCN(C(=O)[C@@H](N)c2ccccc2)CC1. The molecule has 1 atom stereocenters. The van der Waals surface area contributed by atoms with Crippen LogP contribution in [0.1, 0.15) is 24.4 Å². The van der Waals surface area contributed by atoms with Gasteiger partial charge in [0.1, 0.15) is 6.04 Å². The Morgan fingerprint density at radius 3 is 2.40 bits per heavy atom. The van der Waals surface area contributed by atoms with Crippen molar-refractivity contribution >= 4 is 11.9 Å². The number of amides is 1. The fourth-order valence-electron chi connectivity index (χ4n) is 2.50. The van der Waals surface area contributed by atoms with E-state index in [1.807, 2.05) is 30.3 Å². The number of carbonyl (C=O) groups excluding carboxylic acids is 2. The summed E-state index contributed by atoms with van der Waals surface area (Å²) in [4.78, 5) is 25.5. The quantitative estimate of drug-likeness (QED) is 0.839. The summed E-state index contributed by atoms with van der Waals surface area (Å²) in [5.41, 5.74) is 6.82. The molecule has 1 aliphatic heterocycles. The maximum Gasteiger partial charge on any atom is 0.308 e. The molecule has 1 saturated heterocycles. The van der Waals surface area contributed by atoms with Crippen molar-refractivity contribution in [1.82, 2.24) is 4.90 Å². The monoisotopic (exact) mass is 276 g/mol. The number of carbonyl (C=O) groups is 2. The lowest BCUT2D eigenvalue weighted by molar-refractivity contribution is -0.149. The predicted molar refractivity (Wildman–Crippen MR) is 74.7 cm³/mol. The molecule has 0 unspecified atom stereocenters. The van der Waals surface area contributed by atoms with Crippen molar-refractivity contribution < 1.29 is 14.3 Å². The van der Waals surface area contributed by atoms with Crippen LogP contribution in [0.15, 0.2) is 30.3 Å². The molecule has 0 aromatic heterocycles. The number of methoxy groups -OCH3 is 1. The van der Waals surface area contributed by atoms with E-state index in [4.69, 9.17) is 10.5 Å². The lowest BCUT2D eigenvalue weighted by Crippen LogP contribution is -2.44. The second kappa shape index (κ2) is 6.52. The maximum atomic E-state index is 12.3. The van der Waals surface area contributed by atoms with E-state index in [0.29, 0.717) is 25.9 Å². The van der Waals surface area contributed by atoms with E-state index in [2.05, 4.69) is 0 Å². The second-order valence-corrected chi connectivity index (χ2v) is 5.01. The van der Waals surface area contributed by atoms with Crippen LogP contribution in [0.5, 0.6) is 0 Å². The number of benzene rings is 1. The molecule has 0 spiro atoms. The van der Waals surface area contributed by atoms with Crippen LogP contribution in [0, 0.1) is 5.92 Å². The zero-order valence-electron chi connectivity index (χ0n) is 11.6. The van der Waals surface area contributed by atoms with Gasteiger partial charge in [-0.25, -0.2) is 0 Å². The Morgan fingerprint density at radius 2 is 1.85 bits per heavy atom. The summed E-state index contributed by atoms with van der Waals surface area (Å²) in [5, 5.41) is 0. The van der Waals surface area contributed by atoms with E-state index in [9.17, 15) is 9.59 Å². The normalized spacial score (nSPS) is 17.6. The van der Waals surface area contributed by atoms with E-state index in [1.54, 1.807) is 4.90 Å². The molecule has 1 aliphatic rings. The standard InChI is InChI=1S/C15H20N2O3/c1-20-15(19)12-7-9-17(10-8-12)14(18)13(16)11-5-3-2-4-6-11/h2-6,12-13H,7-10,16H2,1H3/t13-/m0/s1. The molecule has 5 heteroatoms. The molecule has 5 nitrogen and oxygen atoms in total. The first-order chi connectivity index (χ1) is 9.63. The van der Waals surface area contributed by atoms with E-state index in [-0.39, 0.29) is 17.8 Å². The molecule has 20 heavy (non-hydrogen) atoms. The number of hydrogen-bond donors (Lipinski definition) is 1. The highest BCUT2D eigenvalue weighted by Gasteiger charge is 2.30. The highest BCUT2D eigenvalue weighted by molar-refractivity contribution is 5.83. The summed E-state index contributed by atoms with van der Waals surface area (Å²) in [5.74, 6) is -0.374. The minimum absolute atomic E-state index is 0.0838. The fraction of sp³-hybridized carbons (Fsp3) is 0.467. The van der Waals surface area contributed by atoms with Crippen molar-refractivity contribution in [3.8, 4) is 0 Å². The smallest absolute Gasteiger partial charge is 0.308 e. The number of esters is 1. The third kappa shape index (κ3) is 3.17. The van der Waals surface area contributed by atoms with Gasteiger partial charge in [-0.3, -0.25) is 9.59 Å². The number of nitrogens with two attached hydrogens (primary N) is 1. The van der Waals surface area contributed by atoms with Crippen LogP contribution in [0.4, 0.5) is 0 Å². The van der Waals surface area contributed by atoms with Crippen LogP contribution in [0.3, 0.4) is 0 Å². The van der Waals surface area contributed by atoms with Gasteiger partial charge in [-0.05, 0) is 18.4 Å². The summed E-state index contributed by atoms with van der Waals surface area (Å²) < 4.78 is 4.74. The van der Waals surface area contributed by atoms with Gasteiger partial charge in [0.25, 0.3) is 0 Å². The van der Waals surface area contributed by atoms with Gasteiger partial charge >= 0.3 is 5.97 Å². The Balaban J connectivity index is 1.93. The average Bonchev–Trinajstić information content (AvgIpc) is 2.53. The largest absolute Gasteiger partial charge is 0.469 e. The molecular weight excluding hydrogens is 256 g/mol. The first-order valence-electron chi connectivity index (χ1n) is 6.80. The van der Waals surface area contributed by atoms with E-state index >= 15 is 0 Å². The Bertz CT molecular complexity index is 467. The highest BCUT2D eigenvalue weighted by atomic mass is 16.5. The number of piperidine rings is 1. The molecule has 1 heterocycles. The van der Waals surface area contributed by atoms with Crippen molar-refractivity contribution in [1.29, 1.82) is 0 Å². The van der Waals surface area contributed by atoms with Crippen molar-refractivity contribution in [3.05, 3.63) is 35.9 Å². The lowest BCUT2D eigenvalue weighted by Gasteiger charge is -2.32. The number of nitrogens with zero attached hydrogens (tertiary/aromatic N) is 1. The van der Waals surface area contributed by atoms with Crippen LogP contribution in [-0.2, 0) is 14.3 Å². The van der Waals surface area contributed by atoms with Crippen LogP contribution >= 0.6 is 0 Å². The molecule has 0 radical (unpaired) electrons. The Morgan fingerprint density at radius 1 is 1.25 bits per heavy atom. The summed E-state index contributed by atoms with van der Waals surface area (Å²) in [6, 6.07) is 8.69. The Hall–Kier alpha value is -1.88. The summed E-state index contributed by atoms with van der Waals surface area (Å²) in [7, 11) is 1.39. The summed E-state index contributed by atoms with van der Waals surface area (Å²) in [6.07, 6.45) is 1.28. The first kappa shape index (κ1) is 14.5. The molecule has 1 amide bonds. The van der Waals surface area contributed by atoms with Gasteiger partial charge in [0.05, 0.1) is 13.0 Å². The summed E-state index contributed by atoms with van der Waals surface area (Å²) >= 11 is 0. The minimum Gasteiger partial charge on any atom is -0.469 e. The van der Waals surface area contributed by atoms with Gasteiger partial charge in [0.15, 0.2) is 0 Å². The van der Waals surface area contributed by atoms with Crippen LogP contribution in [0.2, 0.25) is 0 Å². The third-order valence-electron chi connectivity index (χ3n) is 3.77. The molecule has 0 aliphatic carbocycles. The van der Waals surface area contributed by atoms with Gasteiger partial charge in [-0.2, -0.15) is 0 Å². The van der Waals surface area contributed by atoms with Crippen LogP contribution < -0.4 is 5.73 Å². The van der Waals surface area contributed by atoms with Gasteiger partial charge < -0.3 is 15.4 Å². The van der Waals surface area contributed by atoms with Crippen molar-refractivity contribution in [2.45, 2.75) is 18.9 Å². The van der Waals surface area contributed by atoms with Crippen LogP contribution in [-0.4, -0.2) is 37.0 Å². The number of hydrogen-bond acceptors (Lipinski definition) is 4. The third-order valence-corrected chi connectivity index (χ3v) is 3.77. The molecule has 2 rings (SSSR count). The molecule has 1 aromatic rings. The van der Waals surface area contributed by atoms with E-state index < -0.39 is 6.04 Å². The zero-order valence-corrected chi connectivity index (χ0v) is 11.6. The molecule has 2 N–H and O–H groups in total. The molecule has 0 bridgehead atoms. The minimum atomic E-state index is -0.633. The van der Waals surface area contributed by atoms with E-state index in [1.165, 1.54) is 7.11 Å². The predicted octanol–water partition coefficient (Wildman–Crippen LogP) is 1.10. The van der Waals surface area contributed by atoms with Gasteiger partial charge in [-0.1, -0.05) is 30.3 Å². The van der Waals surface area contributed by atoms with E-state index in [0.717, 1.165) is 5.56 Å². The topological polar surface area (TPSA) is 72.6 Å². The van der Waals surface area contributed by atoms with Gasteiger partial charge in [0, 0.05) is 13.1 Å². The Kier molecular flexibility index (Phi) is 4.74. The number of rotatable bonds is 3. The molecule has 1 fully saturated rings. The maximum absolute atomic E-state index is 12.3. The fourth-order valence-corrected chi connectivity index (χ4v) is 2.50. The van der Waals surface area contributed by atoms with Crippen molar-refractivity contribution in [3.63, 3.8) is 0 Å². The van der Waals surface area contributed by atoms with Crippen molar-refractivity contribution in [2.75, 3.05) is 20.2 Å². The van der Waals surface area contributed by atoms with Gasteiger partial charge in [0.2, 0.25) is 5.91 Å². The molecule has 1 aromatic carbocycles. The number of likely N-dealkylation sites (tertiary alicyclic amines) is 1. The molecule has 0 saturated carbocycles. The zero-order chi connectivity index (χ0) is 14.5. The van der Waals surface area contributed by atoms with Gasteiger partial charge in [-0.15, -0.1) is 0 Å². The summed E-state index contributed by atoms with van der Waals surface area (Å²) in [6.45, 7) is 1.11. The highest BCUT2D eigenvalue weighted by Crippen LogP contribution is 2.21. The molecular formula is C15H20N2O3. The first-order valence-corrected chi connectivity index (χ1v) is 6.80. The van der Waals surface area contributed by atoms with Crippen LogP contribution in [0.25, 0.3) is 0 Å². The van der Waals surface area contributed by atoms with Crippen molar-refractivity contribution in [2.24, 2.45) is 11.7 Å². The Labute approximate surface area is 118 Å².